The molecule has 1 aliphatic carbocycles. The summed E-state index contributed by atoms with van der Waals surface area (Å²) in [4.78, 5) is 16.1. The Kier molecular flexibility index (Phi) is 3.68. The molecule has 0 saturated heterocycles. The Balaban J connectivity index is 2.26. The van der Waals surface area contributed by atoms with Crippen molar-refractivity contribution in [2.75, 3.05) is 6.61 Å². The van der Waals surface area contributed by atoms with Crippen LogP contribution in [0.15, 0.2) is 18.2 Å². The van der Waals surface area contributed by atoms with Crippen LogP contribution in [0, 0.1) is 5.92 Å². The standard InChI is InChI=1S/C16H20N2O3/c1-2-14-17-12-7-4-6-11(16(20)21)15(12)18(14)13-8-3-5-10(13)9-19/h4,6-7,10,13,19H,2-3,5,8-9H2,1H3,(H,20,21). The lowest BCUT2D eigenvalue weighted by Gasteiger charge is -2.22. The fourth-order valence-corrected chi connectivity index (χ4v) is 3.55. The number of aliphatic hydroxyl groups is 1. The Morgan fingerprint density at radius 1 is 1.43 bits per heavy atom. The van der Waals surface area contributed by atoms with Crippen LogP contribution in [0.3, 0.4) is 0 Å². The molecule has 1 aromatic carbocycles. The molecule has 21 heavy (non-hydrogen) atoms. The van der Waals surface area contributed by atoms with E-state index in [4.69, 9.17) is 0 Å². The summed E-state index contributed by atoms with van der Waals surface area (Å²) in [6.45, 7) is 2.17. The number of fused-ring (bicyclic) bond motifs is 1. The first kappa shape index (κ1) is 14.1. The molecular weight excluding hydrogens is 268 g/mol. The van der Waals surface area contributed by atoms with Gasteiger partial charge in [0.15, 0.2) is 0 Å². The maximum absolute atomic E-state index is 11.5. The Morgan fingerprint density at radius 2 is 2.24 bits per heavy atom. The molecule has 3 rings (SSSR count). The fraction of sp³-hybridized carbons (Fsp3) is 0.500. The maximum atomic E-state index is 11.5. The minimum Gasteiger partial charge on any atom is -0.478 e. The van der Waals surface area contributed by atoms with Crippen molar-refractivity contribution in [3.05, 3.63) is 29.6 Å². The van der Waals surface area contributed by atoms with Crippen LogP contribution in [0.25, 0.3) is 11.0 Å². The van der Waals surface area contributed by atoms with Crippen LogP contribution in [0.5, 0.6) is 0 Å². The van der Waals surface area contributed by atoms with Gasteiger partial charge < -0.3 is 14.8 Å². The van der Waals surface area contributed by atoms with Crippen molar-refractivity contribution in [2.45, 2.75) is 38.6 Å². The van der Waals surface area contributed by atoms with Crippen LogP contribution in [0.1, 0.15) is 48.4 Å². The summed E-state index contributed by atoms with van der Waals surface area (Å²) >= 11 is 0. The second-order valence-corrected chi connectivity index (χ2v) is 5.67. The van der Waals surface area contributed by atoms with E-state index in [2.05, 4.69) is 9.55 Å². The number of nitrogens with zero attached hydrogens (tertiary/aromatic N) is 2. The lowest BCUT2D eigenvalue weighted by atomic mass is 10.0. The fourth-order valence-electron chi connectivity index (χ4n) is 3.55. The van der Waals surface area contributed by atoms with E-state index >= 15 is 0 Å². The monoisotopic (exact) mass is 288 g/mol. The van der Waals surface area contributed by atoms with Gasteiger partial charge in [-0.25, -0.2) is 9.78 Å². The first-order valence-corrected chi connectivity index (χ1v) is 7.51. The van der Waals surface area contributed by atoms with Crippen LogP contribution in [0.2, 0.25) is 0 Å². The summed E-state index contributed by atoms with van der Waals surface area (Å²) < 4.78 is 2.08. The molecule has 0 radical (unpaired) electrons. The average molecular weight is 288 g/mol. The zero-order valence-electron chi connectivity index (χ0n) is 12.1. The molecule has 2 unspecified atom stereocenters. The van der Waals surface area contributed by atoms with Gasteiger partial charge in [0.1, 0.15) is 5.82 Å². The van der Waals surface area contributed by atoms with Crippen molar-refractivity contribution in [1.82, 2.24) is 9.55 Å². The largest absolute Gasteiger partial charge is 0.478 e. The van der Waals surface area contributed by atoms with Gasteiger partial charge in [0.25, 0.3) is 0 Å². The van der Waals surface area contributed by atoms with Gasteiger partial charge in [-0.05, 0) is 25.0 Å². The van der Waals surface area contributed by atoms with Gasteiger partial charge in [-0.3, -0.25) is 0 Å². The number of hydrogen-bond donors (Lipinski definition) is 2. The summed E-state index contributed by atoms with van der Waals surface area (Å²) in [5, 5.41) is 19.1. The van der Waals surface area contributed by atoms with Gasteiger partial charge in [-0.2, -0.15) is 0 Å². The molecule has 1 heterocycles. The Hall–Kier alpha value is -1.88. The number of hydrogen-bond acceptors (Lipinski definition) is 3. The van der Waals surface area contributed by atoms with Crippen LogP contribution < -0.4 is 0 Å². The molecule has 0 bridgehead atoms. The number of carboxylic acid groups (broad SMARTS) is 1. The predicted molar refractivity (Wildman–Crippen MR) is 79.5 cm³/mol. The topological polar surface area (TPSA) is 75.3 Å². The Bertz CT molecular complexity index is 677. The average Bonchev–Trinajstić information content (AvgIpc) is 3.09. The molecule has 0 aliphatic heterocycles. The summed E-state index contributed by atoms with van der Waals surface area (Å²) in [7, 11) is 0. The van der Waals surface area contributed by atoms with Crippen molar-refractivity contribution >= 4 is 17.0 Å². The highest BCUT2D eigenvalue weighted by Crippen LogP contribution is 2.39. The summed E-state index contributed by atoms with van der Waals surface area (Å²) in [5.41, 5.74) is 1.73. The second-order valence-electron chi connectivity index (χ2n) is 5.67. The summed E-state index contributed by atoms with van der Waals surface area (Å²) in [5.74, 6) is 0.168. The van der Waals surface area contributed by atoms with Gasteiger partial charge in [-0.1, -0.05) is 19.4 Å². The first-order valence-electron chi connectivity index (χ1n) is 7.51. The third kappa shape index (κ3) is 2.21. The smallest absolute Gasteiger partial charge is 0.337 e. The normalized spacial score (nSPS) is 22.0. The summed E-state index contributed by atoms with van der Waals surface area (Å²) in [6.07, 6.45) is 3.77. The number of imidazole rings is 1. The highest BCUT2D eigenvalue weighted by atomic mass is 16.4. The van der Waals surface area contributed by atoms with Crippen LogP contribution >= 0.6 is 0 Å². The van der Waals surface area contributed by atoms with Crippen LogP contribution in [0.4, 0.5) is 0 Å². The molecule has 5 nitrogen and oxygen atoms in total. The van der Waals surface area contributed by atoms with E-state index in [9.17, 15) is 15.0 Å². The number of carbonyl (C=O) groups is 1. The van der Waals surface area contributed by atoms with Gasteiger partial charge >= 0.3 is 5.97 Å². The molecule has 5 heteroatoms. The van der Waals surface area contributed by atoms with Gasteiger partial charge in [-0.15, -0.1) is 0 Å². The maximum Gasteiger partial charge on any atom is 0.337 e. The SMILES string of the molecule is CCc1nc2cccc(C(=O)O)c2n1C1CCCC1CO. The molecule has 0 amide bonds. The van der Waals surface area contributed by atoms with Gasteiger partial charge in [0.05, 0.1) is 16.6 Å². The number of para-hydroxylation sites is 1. The highest BCUT2D eigenvalue weighted by molar-refractivity contribution is 6.01. The third-order valence-corrected chi connectivity index (χ3v) is 4.51. The van der Waals surface area contributed by atoms with E-state index in [1.807, 2.05) is 13.0 Å². The van der Waals surface area contributed by atoms with Crippen molar-refractivity contribution in [2.24, 2.45) is 5.92 Å². The van der Waals surface area contributed by atoms with E-state index in [-0.39, 0.29) is 18.6 Å². The third-order valence-electron chi connectivity index (χ3n) is 4.51. The predicted octanol–water partition coefficient (Wildman–Crippen LogP) is 2.63. The molecular formula is C16H20N2O3. The Morgan fingerprint density at radius 3 is 2.90 bits per heavy atom. The molecule has 112 valence electrons. The van der Waals surface area contributed by atoms with Gasteiger partial charge in [0, 0.05) is 25.0 Å². The van der Waals surface area contributed by atoms with Gasteiger partial charge in [0.2, 0.25) is 0 Å². The van der Waals surface area contributed by atoms with Crippen molar-refractivity contribution in [3.8, 4) is 0 Å². The van der Waals surface area contributed by atoms with Crippen LogP contribution in [-0.4, -0.2) is 32.3 Å². The van der Waals surface area contributed by atoms with E-state index < -0.39 is 5.97 Å². The molecule has 1 fully saturated rings. The lowest BCUT2D eigenvalue weighted by molar-refractivity contribution is 0.0698. The molecule has 1 aromatic heterocycles. The first-order chi connectivity index (χ1) is 10.2. The number of aliphatic hydroxyl groups excluding tert-OH is 1. The minimum atomic E-state index is -0.928. The molecule has 1 saturated carbocycles. The quantitative estimate of drug-likeness (QED) is 0.907. The van der Waals surface area contributed by atoms with E-state index in [1.165, 1.54) is 0 Å². The zero-order valence-corrected chi connectivity index (χ0v) is 12.1. The molecule has 2 atom stereocenters. The Labute approximate surface area is 123 Å². The second kappa shape index (κ2) is 5.48. The number of aryl methyl sites for hydroxylation is 1. The van der Waals surface area contributed by atoms with Crippen molar-refractivity contribution < 1.29 is 15.0 Å². The number of carboxylic acids is 1. The highest BCUT2D eigenvalue weighted by Gasteiger charge is 2.31. The number of rotatable bonds is 4. The number of aromatic nitrogens is 2. The zero-order chi connectivity index (χ0) is 15.0. The molecule has 2 N–H and O–H groups in total. The van der Waals surface area contributed by atoms with Crippen molar-refractivity contribution in [3.63, 3.8) is 0 Å². The minimum absolute atomic E-state index is 0.142. The van der Waals surface area contributed by atoms with E-state index in [0.717, 1.165) is 37.0 Å². The summed E-state index contributed by atoms with van der Waals surface area (Å²) in [6, 6.07) is 5.38. The molecule has 2 aromatic rings. The van der Waals surface area contributed by atoms with Crippen molar-refractivity contribution in [1.29, 1.82) is 0 Å². The molecule has 1 aliphatic rings. The van der Waals surface area contributed by atoms with E-state index in [0.29, 0.717) is 11.1 Å². The van der Waals surface area contributed by atoms with Crippen LogP contribution in [-0.2, 0) is 6.42 Å². The number of benzene rings is 1. The van der Waals surface area contributed by atoms with E-state index in [1.54, 1.807) is 12.1 Å². The number of aromatic carboxylic acids is 1. The molecule has 0 spiro atoms. The lowest BCUT2D eigenvalue weighted by Crippen LogP contribution is -2.20.